The molecule has 0 spiro atoms. The van der Waals surface area contributed by atoms with Gasteiger partial charge in [-0.25, -0.2) is 0 Å². The van der Waals surface area contributed by atoms with Crippen molar-refractivity contribution in [1.29, 1.82) is 0 Å². The van der Waals surface area contributed by atoms with Crippen LogP contribution in [-0.4, -0.2) is 0 Å². The standard InChI is InChI=1S/C24H26/c1-17(2)20-13-14-23(24(16-20)18(3)4)22-12-8-11-21(15-22)19-9-6-5-7-10-19/h5-18H,1-4H3. The lowest BCUT2D eigenvalue weighted by molar-refractivity contribution is 0.835. The maximum atomic E-state index is 2.39. The monoisotopic (exact) mass is 314 g/mol. The molecule has 0 atom stereocenters. The predicted octanol–water partition coefficient (Wildman–Crippen LogP) is 7.27. The van der Waals surface area contributed by atoms with Gasteiger partial charge in [-0.1, -0.05) is 94.4 Å². The molecule has 0 nitrogen and oxygen atoms in total. The molecule has 0 saturated heterocycles. The molecule has 122 valence electrons. The lowest BCUT2D eigenvalue weighted by atomic mass is 9.88. The maximum absolute atomic E-state index is 2.39. The molecule has 24 heavy (non-hydrogen) atoms. The van der Waals surface area contributed by atoms with Gasteiger partial charge < -0.3 is 0 Å². The summed E-state index contributed by atoms with van der Waals surface area (Å²) in [6, 6.07) is 26.5. The van der Waals surface area contributed by atoms with Gasteiger partial charge in [0.05, 0.1) is 0 Å². The summed E-state index contributed by atoms with van der Waals surface area (Å²) in [7, 11) is 0. The van der Waals surface area contributed by atoms with E-state index in [0.717, 1.165) is 0 Å². The fourth-order valence-electron chi connectivity index (χ4n) is 3.18. The van der Waals surface area contributed by atoms with E-state index in [9.17, 15) is 0 Å². The molecule has 0 aliphatic rings. The van der Waals surface area contributed by atoms with Crippen molar-refractivity contribution in [2.45, 2.75) is 39.5 Å². The molecule has 0 aliphatic carbocycles. The van der Waals surface area contributed by atoms with Crippen LogP contribution in [0.5, 0.6) is 0 Å². The van der Waals surface area contributed by atoms with Gasteiger partial charge in [-0.2, -0.15) is 0 Å². The Labute approximate surface area is 146 Å². The van der Waals surface area contributed by atoms with Crippen molar-refractivity contribution < 1.29 is 0 Å². The molecule has 0 saturated carbocycles. The van der Waals surface area contributed by atoms with Gasteiger partial charge in [0.25, 0.3) is 0 Å². The topological polar surface area (TPSA) is 0 Å². The summed E-state index contributed by atoms with van der Waals surface area (Å²) < 4.78 is 0. The van der Waals surface area contributed by atoms with Crippen molar-refractivity contribution in [3.63, 3.8) is 0 Å². The molecule has 0 heteroatoms. The Morgan fingerprint density at radius 2 is 1.21 bits per heavy atom. The van der Waals surface area contributed by atoms with Crippen molar-refractivity contribution >= 4 is 0 Å². The maximum Gasteiger partial charge on any atom is -0.0149 e. The molecule has 0 N–H and O–H groups in total. The van der Waals surface area contributed by atoms with E-state index in [-0.39, 0.29) is 0 Å². The molecule has 0 bridgehead atoms. The predicted molar refractivity (Wildman–Crippen MR) is 105 cm³/mol. The van der Waals surface area contributed by atoms with E-state index in [1.807, 2.05) is 0 Å². The summed E-state index contributed by atoms with van der Waals surface area (Å²) in [5.74, 6) is 1.08. The van der Waals surface area contributed by atoms with Crippen LogP contribution in [0.25, 0.3) is 22.3 Å². The molecule has 0 heterocycles. The summed E-state index contributed by atoms with van der Waals surface area (Å²) in [5, 5.41) is 0. The highest BCUT2D eigenvalue weighted by atomic mass is 14.2. The number of benzene rings is 3. The molecule has 0 aliphatic heterocycles. The van der Waals surface area contributed by atoms with E-state index in [0.29, 0.717) is 11.8 Å². The molecule has 0 radical (unpaired) electrons. The van der Waals surface area contributed by atoms with Gasteiger partial charge in [-0.05, 0) is 51.3 Å². The van der Waals surface area contributed by atoms with Gasteiger partial charge in [0, 0.05) is 0 Å². The van der Waals surface area contributed by atoms with Crippen LogP contribution in [0.1, 0.15) is 50.7 Å². The number of hydrogen-bond acceptors (Lipinski definition) is 0. The molecule has 0 unspecified atom stereocenters. The third kappa shape index (κ3) is 3.43. The van der Waals surface area contributed by atoms with Gasteiger partial charge in [-0.3, -0.25) is 0 Å². The summed E-state index contributed by atoms with van der Waals surface area (Å²) in [6.45, 7) is 9.08. The molecule has 3 aromatic carbocycles. The van der Waals surface area contributed by atoms with Crippen LogP contribution < -0.4 is 0 Å². The Morgan fingerprint density at radius 3 is 1.88 bits per heavy atom. The van der Waals surface area contributed by atoms with E-state index in [4.69, 9.17) is 0 Å². The van der Waals surface area contributed by atoms with Crippen LogP contribution in [-0.2, 0) is 0 Å². The largest absolute Gasteiger partial charge is 0.0622 e. The van der Waals surface area contributed by atoms with Gasteiger partial charge in [0.15, 0.2) is 0 Å². The molecule has 0 aromatic heterocycles. The molecular formula is C24H26. The first kappa shape index (κ1) is 16.5. The molecule has 0 fully saturated rings. The fraction of sp³-hybridized carbons (Fsp3) is 0.250. The fourth-order valence-corrected chi connectivity index (χ4v) is 3.18. The first-order valence-corrected chi connectivity index (χ1v) is 8.86. The molecule has 3 aromatic rings. The van der Waals surface area contributed by atoms with E-state index in [2.05, 4.69) is 100 Å². The molecular weight excluding hydrogens is 288 g/mol. The third-order valence-corrected chi connectivity index (χ3v) is 4.64. The van der Waals surface area contributed by atoms with Crippen molar-refractivity contribution in [2.75, 3.05) is 0 Å². The van der Waals surface area contributed by atoms with Gasteiger partial charge in [-0.15, -0.1) is 0 Å². The average Bonchev–Trinajstić information content (AvgIpc) is 2.62. The second-order valence-corrected chi connectivity index (χ2v) is 7.10. The van der Waals surface area contributed by atoms with Gasteiger partial charge in [0.2, 0.25) is 0 Å². The zero-order chi connectivity index (χ0) is 17.1. The minimum absolute atomic E-state index is 0.513. The summed E-state index contributed by atoms with van der Waals surface area (Å²) in [6.07, 6.45) is 0. The van der Waals surface area contributed by atoms with E-state index in [1.165, 1.54) is 33.4 Å². The second kappa shape index (κ2) is 7.05. The normalized spacial score (nSPS) is 11.2. The van der Waals surface area contributed by atoms with Gasteiger partial charge >= 0.3 is 0 Å². The minimum atomic E-state index is 0.513. The van der Waals surface area contributed by atoms with E-state index >= 15 is 0 Å². The zero-order valence-electron chi connectivity index (χ0n) is 15.1. The number of hydrogen-bond donors (Lipinski definition) is 0. The van der Waals surface area contributed by atoms with Crippen LogP contribution in [0.4, 0.5) is 0 Å². The Kier molecular flexibility index (Phi) is 4.85. The molecule has 0 amide bonds. The molecule has 3 rings (SSSR count). The zero-order valence-corrected chi connectivity index (χ0v) is 15.1. The first-order chi connectivity index (χ1) is 11.6. The Morgan fingerprint density at radius 1 is 0.542 bits per heavy atom. The van der Waals surface area contributed by atoms with Crippen molar-refractivity contribution in [2.24, 2.45) is 0 Å². The van der Waals surface area contributed by atoms with E-state index in [1.54, 1.807) is 0 Å². The smallest absolute Gasteiger partial charge is 0.0149 e. The highest BCUT2D eigenvalue weighted by Gasteiger charge is 2.12. The number of rotatable bonds is 4. The van der Waals surface area contributed by atoms with Crippen molar-refractivity contribution in [1.82, 2.24) is 0 Å². The van der Waals surface area contributed by atoms with Crippen LogP contribution in [0.2, 0.25) is 0 Å². The minimum Gasteiger partial charge on any atom is -0.0622 e. The lowest BCUT2D eigenvalue weighted by Gasteiger charge is -2.17. The Bertz CT molecular complexity index is 810. The lowest BCUT2D eigenvalue weighted by Crippen LogP contribution is -1.97. The third-order valence-electron chi connectivity index (χ3n) is 4.64. The van der Waals surface area contributed by atoms with Gasteiger partial charge in [0.1, 0.15) is 0 Å². The highest BCUT2D eigenvalue weighted by molar-refractivity contribution is 5.75. The SMILES string of the molecule is CC(C)c1ccc(-c2cccc(-c3ccccc3)c2)c(C(C)C)c1. The van der Waals surface area contributed by atoms with Crippen LogP contribution in [0.15, 0.2) is 72.8 Å². The summed E-state index contributed by atoms with van der Waals surface area (Å²) in [4.78, 5) is 0. The van der Waals surface area contributed by atoms with Crippen molar-refractivity contribution in [3.05, 3.63) is 83.9 Å². The Hall–Kier alpha value is -2.34. The second-order valence-electron chi connectivity index (χ2n) is 7.10. The Balaban J connectivity index is 2.09. The van der Waals surface area contributed by atoms with Crippen LogP contribution in [0.3, 0.4) is 0 Å². The van der Waals surface area contributed by atoms with Crippen LogP contribution >= 0.6 is 0 Å². The summed E-state index contributed by atoms with van der Waals surface area (Å²) in [5.41, 5.74) is 8.05. The summed E-state index contributed by atoms with van der Waals surface area (Å²) >= 11 is 0. The van der Waals surface area contributed by atoms with Crippen molar-refractivity contribution in [3.8, 4) is 22.3 Å². The first-order valence-electron chi connectivity index (χ1n) is 8.86. The quantitative estimate of drug-likeness (QED) is 0.475. The average molecular weight is 314 g/mol. The van der Waals surface area contributed by atoms with Crippen LogP contribution in [0, 0.1) is 0 Å². The highest BCUT2D eigenvalue weighted by Crippen LogP contribution is 2.34. The van der Waals surface area contributed by atoms with E-state index < -0.39 is 0 Å².